The molecule has 57 heavy (non-hydrogen) atoms. The Morgan fingerprint density at radius 1 is 0.281 bits per heavy atom. The molecule has 0 aliphatic heterocycles. The van der Waals surface area contributed by atoms with Gasteiger partial charge in [0.25, 0.3) is 0 Å². The van der Waals surface area contributed by atoms with Crippen molar-refractivity contribution in [1.29, 1.82) is 0 Å². The molecule has 0 radical (unpaired) electrons. The molecule has 11 aromatic rings. The molecule has 0 bridgehead atoms. The first-order valence-corrected chi connectivity index (χ1v) is 19.2. The fourth-order valence-electron chi connectivity index (χ4n) is 8.10. The van der Waals surface area contributed by atoms with Gasteiger partial charge in [-0.25, -0.2) is 15.0 Å². The van der Waals surface area contributed by atoms with Crippen molar-refractivity contribution in [3.63, 3.8) is 0 Å². The van der Waals surface area contributed by atoms with Gasteiger partial charge in [-0.3, -0.25) is 0 Å². The molecule has 9 aromatic carbocycles. The third-order valence-corrected chi connectivity index (χ3v) is 10.9. The molecular weight excluding hydrogens is 695 g/mol. The van der Waals surface area contributed by atoms with Crippen molar-refractivity contribution in [2.45, 2.75) is 0 Å². The molecule has 4 heteroatoms. The predicted molar refractivity (Wildman–Crippen MR) is 235 cm³/mol. The van der Waals surface area contributed by atoms with E-state index in [1.165, 1.54) is 10.8 Å². The van der Waals surface area contributed by atoms with Crippen molar-refractivity contribution in [3.8, 4) is 67.5 Å². The fraction of sp³-hybridized carbons (Fsp3) is 0. The maximum atomic E-state index is 6.91. The van der Waals surface area contributed by atoms with Gasteiger partial charge in [-0.2, -0.15) is 0 Å². The predicted octanol–water partition coefficient (Wildman–Crippen LogP) is 14.1. The minimum absolute atomic E-state index is 0.598. The summed E-state index contributed by atoms with van der Waals surface area (Å²) in [5.74, 6) is 1.82. The normalized spacial score (nSPS) is 11.5. The van der Waals surface area contributed by atoms with Gasteiger partial charge in [0.2, 0.25) is 0 Å². The van der Waals surface area contributed by atoms with E-state index in [0.29, 0.717) is 17.5 Å². The van der Waals surface area contributed by atoms with Crippen LogP contribution in [0.15, 0.2) is 205 Å². The average Bonchev–Trinajstić information content (AvgIpc) is 3.69. The molecular formula is C53H33N3O. The quantitative estimate of drug-likeness (QED) is 0.160. The van der Waals surface area contributed by atoms with Gasteiger partial charge < -0.3 is 4.42 Å². The summed E-state index contributed by atoms with van der Waals surface area (Å²) >= 11 is 0. The zero-order valence-electron chi connectivity index (χ0n) is 30.8. The number of hydrogen-bond donors (Lipinski definition) is 0. The summed E-state index contributed by atoms with van der Waals surface area (Å²) in [4.78, 5) is 15.5. The highest BCUT2D eigenvalue weighted by Gasteiger charge is 2.18. The van der Waals surface area contributed by atoms with E-state index < -0.39 is 0 Å². The van der Waals surface area contributed by atoms with Gasteiger partial charge in [0.1, 0.15) is 11.2 Å². The Hall–Kier alpha value is -7.69. The van der Waals surface area contributed by atoms with Crippen LogP contribution in [0.4, 0.5) is 0 Å². The number of fused-ring (bicyclic) bond motifs is 7. The lowest BCUT2D eigenvalue weighted by molar-refractivity contribution is 0.674. The van der Waals surface area contributed by atoms with Crippen molar-refractivity contribution >= 4 is 43.5 Å². The zero-order valence-corrected chi connectivity index (χ0v) is 30.8. The molecule has 0 N–H and O–H groups in total. The molecule has 0 fully saturated rings. The summed E-state index contributed by atoms with van der Waals surface area (Å²) in [7, 11) is 0. The topological polar surface area (TPSA) is 51.8 Å². The average molecular weight is 728 g/mol. The van der Waals surface area contributed by atoms with Crippen LogP contribution in [-0.4, -0.2) is 15.0 Å². The molecule has 0 saturated heterocycles. The maximum absolute atomic E-state index is 6.91. The summed E-state index contributed by atoms with van der Waals surface area (Å²) in [6.07, 6.45) is 0. The second-order valence-corrected chi connectivity index (χ2v) is 14.4. The molecule has 0 unspecified atom stereocenters. The number of furan rings is 1. The minimum Gasteiger partial charge on any atom is -0.455 e. The van der Waals surface area contributed by atoms with Crippen LogP contribution >= 0.6 is 0 Å². The van der Waals surface area contributed by atoms with Crippen molar-refractivity contribution in [1.82, 2.24) is 15.0 Å². The smallest absolute Gasteiger partial charge is 0.164 e. The Balaban J connectivity index is 1.07. The first-order valence-electron chi connectivity index (χ1n) is 19.2. The first-order chi connectivity index (χ1) is 28.2. The second kappa shape index (κ2) is 13.6. The molecule has 2 heterocycles. The van der Waals surface area contributed by atoms with Crippen LogP contribution in [0.2, 0.25) is 0 Å². The van der Waals surface area contributed by atoms with Crippen LogP contribution in [0.25, 0.3) is 111 Å². The van der Waals surface area contributed by atoms with Crippen LogP contribution in [0.3, 0.4) is 0 Å². The van der Waals surface area contributed by atoms with E-state index in [9.17, 15) is 0 Å². The Bertz CT molecular complexity index is 3200. The summed E-state index contributed by atoms with van der Waals surface area (Å²) in [6, 6.07) is 69.8. The zero-order chi connectivity index (χ0) is 37.7. The lowest BCUT2D eigenvalue weighted by Crippen LogP contribution is -2.00. The van der Waals surface area contributed by atoms with Crippen molar-refractivity contribution < 1.29 is 4.42 Å². The van der Waals surface area contributed by atoms with E-state index in [0.717, 1.165) is 82.8 Å². The lowest BCUT2D eigenvalue weighted by atomic mass is 9.98. The third kappa shape index (κ3) is 5.83. The first kappa shape index (κ1) is 32.7. The van der Waals surface area contributed by atoms with Crippen LogP contribution in [0.1, 0.15) is 0 Å². The molecule has 266 valence electrons. The number of rotatable bonds is 6. The van der Waals surface area contributed by atoms with Crippen molar-refractivity contribution in [3.05, 3.63) is 200 Å². The summed E-state index contributed by atoms with van der Waals surface area (Å²) in [6.45, 7) is 0. The molecule has 0 aliphatic carbocycles. The molecule has 4 nitrogen and oxygen atoms in total. The van der Waals surface area contributed by atoms with Crippen LogP contribution in [-0.2, 0) is 0 Å². The molecule has 0 aliphatic rings. The van der Waals surface area contributed by atoms with Crippen molar-refractivity contribution in [2.75, 3.05) is 0 Å². The number of nitrogens with zero attached hydrogens (tertiary/aromatic N) is 3. The van der Waals surface area contributed by atoms with Crippen molar-refractivity contribution in [2.24, 2.45) is 0 Å². The largest absolute Gasteiger partial charge is 0.455 e. The standard InChI is InChI=1S/C53H33N3O/c1-3-13-34(14-4-1)38-18-9-21-41(31-38)51-54-52(42-22-10-19-39(32-42)35-15-5-2-6-16-35)56-53(55-51)43-23-11-20-40(33-43)45-25-12-26-46-47-30-29-37-28-27-36-17-7-8-24-44(36)48(37)50(47)57-49(45)46/h1-33H. The van der Waals surface area contributed by atoms with E-state index >= 15 is 0 Å². The molecule has 0 amide bonds. The monoisotopic (exact) mass is 727 g/mol. The molecule has 2 aromatic heterocycles. The molecule has 11 rings (SSSR count). The van der Waals surface area contributed by atoms with Gasteiger partial charge in [0.05, 0.1) is 0 Å². The van der Waals surface area contributed by atoms with Gasteiger partial charge in [0.15, 0.2) is 17.5 Å². The fourth-order valence-corrected chi connectivity index (χ4v) is 8.10. The maximum Gasteiger partial charge on any atom is 0.164 e. The van der Waals surface area contributed by atoms with E-state index in [-0.39, 0.29) is 0 Å². The number of para-hydroxylation sites is 1. The summed E-state index contributed by atoms with van der Waals surface area (Å²) in [5.41, 5.74) is 11.0. The van der Waals surface area contributed by atoms with Crippen LogP contribution in [0.5, 0.6) is 0 Å². The van der Waals surface area contributed by atoms with Gasteiger partial charge in [0, 0.05) is 38.4 Å². The Labute approximate surface area is 329 Å². The van der Waals surface area contributed by atoms with E-state index in [4.69, 9.17) is 19.4 Å². The van der Waals surface area contributed by atoms with Crippen LogP contribution < -0.4 is 0 Å². The van der Waals surface area contributed by atoms with E-state index in [1.54, 1.807) is 0 Å². The van der Waals surface area contributed by atoms with E-state index in [1.807, 2.05) is 12.1 Å². The molecule has 0 atom stereocenters. The van der Waals surface area contributed by atoms with Gasteiger partial charge in [-0.15, -0.1) is 0 Å². The second-order valence-electron chi connectivity index (χ2n) is 14.4. The Kier molecular flexibility index (Phi) is 7.78. The minimum atomic E-state index is 0.598. The van der Waals surface area contributed by atoms with Gasteiger partial charge in [-0.1, -0.05) is 176 Å². The number of hydrogen-bond acceptors (Lipinski definition) is 4. The van der Waals surface area contributed by atoms with Crippen LogP contribution in [0, 0.1) is 0 Å². The van der Waals surface area contributed by atoms with E-state index in [2.05, 4.69) is 188 Å². The highest BCUT2D eigenvalue weighted by molar-refractivity contribution is 6.24. The van der Waals surface area contributed by atoms with Gasteiger partial charge >= 0.3 is 0 Å². The lowest BCUT2D eigenvalue weighted by Gasteiger charge is -2.11. The Morgan fingerprint density at radius 2 is 0.719 bits per heavy atom. The molecule has 0 saturated carbocycles. The summed E-state index contributed by atoms with van der Waals surface area (Å²) in [5, 5.41) is 6.88. The number of aromatic nitrogens is 3. The van der Waals surface area contributed by atoms with Gasteiger partial charge in [-0.05, 0) is 68.2 Å². The Morgan fingerprint density at radius 3 is 1.35 bits per heavy atom. The highest BCUT2D eigenvalue weighted by atomic mass is 16.3. The third-order valence-electron chi connectivity index (χ3n) is 10.9. The SMILES string of the molecule is c1ccc(-c2cccc(-c3nc(-c4cccc(-c5ccccc5)c4)nc(-c4cccc(-c5cccc6c5oc5c6ccc6ccc7ccccc7c65)c4)n3)c2)cc1. The molecule has 0 spiro atoms. The summed E-state index contributed by atoms with van der Waals surface area (Å²) < 4.78 is 6.91. The number of benzene rings is 9. The highest BCUT2D eigenvalue weighted by Crippen LogP contribution is 2.41.